The Morgan fingerprint density at radius 1 is 1.10 bits per heavy atom. The van der Waals surface area contributed by atoms with Crippen molar-refractivity contribution in [2.75, 3.05) is 0 Å². The molecule has 2 N–H and O–H groups in total. The molecule has 0 amide bonds. The maximum Gasteiger partial charge on any atom is 0.267 e. The summed E-state index contributed by atoms with van der Waals surface area (Å²) in [6, 6.07) is 9.70. The number of hydrogen-bond acceptors (Lipinski definition) is 4. The number of aryl methyl sites for hydroxylation is 1. The van der Waals surface area contributed by atoms with Gasteiger partial charge in [-0.1, -0.05) is 24.3 Å². The molecule has 20 heavy (non-hydrogen) atoms. The van der Waals surface area contributed by atoms with Crippen molar-refractivity contribution >= 4 is 20.2 Å². The summed E-state index contributed by atoms with van der Waals surface area (Å²) in [5.41, 5.74) is 0.858. The Kier molecular flexibility index (Phi) is 5.69. The second kappa shape index (κ2) is 6.66. The van der Waals surface area contributed by atoms with Crippen LogP contribution in [0.4, 0.5) is 0 Å². The van der Waals surface area contributed by atoms with Gasteiger partial charge in [-0.05, 0) is 37.8 Å². The molecule has 0 aromatic heterocycles. The summed E-state index contributed by atoms with van der Waals surface area (Å²) in [5.74, 6) is 0. The smallest absolute Gasteiger partial charge is 0.267 e. The zero-order valence-electron chi connectivity index (χ0n) is 10.9. The molecule has 1 aromatic carbocycles. The van der Waals surface area contributed by atoms with Crippen LogP contribution in [0.15, 0.2) is 24.3 Å². The van der Waals surface area contributed by atoms with Crippen LogP contribution in [-0.4, -0.2) is 36.4 Å². The molecule has 8 heteroatoms. The Balaban J connectivity index is 2.77. The maximum atomic E-state index is 11.3. The van der Waals surface area contributed by atoms with Gasteiger partial charge in [0.25, 0.3) is 20.2 Å². The average molecular weight is 321 g/mol. The van der Waals surface area contributed by atoms with Crippen LogP contribution >= 0.6 is 0 Å². The Morgan fingerprint density at radius 2 is 1.65 bits per heavy atom. The summed E-state index contributed by atoms with van der Waals surface area (Å²) in [4.78, 5) is 0. The van der Waals surface area contributed by atoms with Crippen molar-refractivity contribution < 1.29 is 25.9 Å². The summed E-state index contributed by atoms with van der Waals surface area (Å²) in [6.07, 6.45) is 0.0939. The summed E-state index contributed by atoms with van der Waals surface area (Å²) in [6.45, 7) is 1.20. The zero-order chi connectivity index (χ0) is 15.4. The van der Waals surface area contributed by atoms with E-state index in [1.54, 1.807) is 24.3 Å². The average Bonchev–Trinajstić information content (AvgIpc) is 2.32. The Morgan fingerprint density at radius 3 is 2.10 bits per heavy atom. The van der Waals surface area contributed by atoms with Crippen molar-refractivity contribution in [2.24, 2.45) is 0 Å². The summed E-state index contributed by atoms with van der Waals surface area (Å²) in [7, 11) is -8.70. The second-order valence-corrected chi connectivity index (χ2v) is 8.18. The van der Waals surface area contributed by atoms with Crippen LogP contribution in [0, 0.1) is 6.07 Å². The van der Waals surface area contributed by atoms with E-state index in [0.717, 1.165) is 5.56 Å². The van der Waals surface area contributed by atoms with Crippen molar-refractivity contribution in [1.82, 2.24) is 0 Å². The summed E-state index contributed by atoms with van der Waals surface area (Å²) in [5, 5.41) is -2.48. The van der Waals surface area contributed by atoms with Crippen LogP contribution < -0.4 is 0 Å². The van der Waals surface area contributed by atoms with Gasteiger partial charge in [0.15, 0.2) is 0 Å². The molecule has 2 atom stereocenters. The topological polar surface area (TPSA) is 109 Å². The van der Waals surface area contributed by atoms with E-state index in [4.69, 9.17) is 9.11 Å². The molecule has 0 saturated heterocycles. The molecule has 0 aliphatic carbocycles. The molecule has 1 radical (unpaired) electrons. The van der Waals surface area contributed by atoms with Crippen molar-refractivity contribution in [3.05, 3.63) is 35.9 Å². The molecule has 0 fully saturated rings. The summed E-state index contributed by atoms with van der Waals surface area (Å²) >= 11 is 0. The van der Waals surface area contributed by atoms with Crippen LogP contribution in [0.2, 0.25) is 0 Å². The fraction of sp³-hybridized carbons (Fsp3) is 0.500. The van der Waals surface area contributed by atoms with Gasteiger partial charge in [-0.3, -0.25) is 9.11 Å². The number of rotatable bonds is 7. The third-order valence-electron chi connectivity index (χ3n) is 3.07. The minimum absolute atomic E-state index is 0.0721. The zero-order valence-corrected chi connectivity index (χ0v) is 12.6. The van der Waals surface area contributed by atoms with E-state index in [2.05, 4.69) is 6.07 Å². The lowest BCUT2D eigenvalue weighted by atomic mass is 10.1. The van der Waals surface area contributed by atoms with Gasteiger partial charge in [-0.25, -0.2) is 0 Å². The van der Waals surface area contributed by atoms with Gasteiger partial charge in [0.2, 0.25) is 0 Å². The first-order chi connectivity index (χ1) is 9.10. The highest BCUT2D eigenvalue weighted by molar-refractivity contribution is 7.87. The first-order valence-corrected chi connectivity index (χ1v) is 8.99. The second-order valence-electron chi connectivity index (χ2n) is 4.65. The normalized spacial score (nSPS) is 15.8. The summed E-state index contributed by atoms with van der Waals surface area (Å²) < 4.78 is 62.5. The highest BCUT2D eigenvalue weighted by atomic mass is 32.2. The predicted molar refractivity (Wildman–Crippen MR) is 74.6 cm³/mol. The van der Waals surface area contributed by atoms with Gasteiger partial charge in [-0.15, -0.1) is 0 Å². The molecule has 113 valence electrons. The highest BCUT2D eigenvalue weighted by Crippen LogP contribution is 2.18. The first kappa shape index (κ1) is 17.1. The van der Waals surface area contributed by atoms with Gasteiger partial charge < -0.3 is 0 Å². The molecular weight excluding hydrogens is 304 g/mol. The molecule has 0 saturated carbocycles. The molecule has 0 heterocycles. The van der Waals surface area contributed by atoms with Gasteiger partial charge in [-0.2, -0.15) is 16.8 Å². The fourth-order valence-electron chi connectivity index (χ4n) is 1.80. The molecule has 0 aliphatic heterocycles. The van der Waals surface area contributed by atoms with Crippen LogP contribution in [0.25, 0.3) is 0 Å². The van der Waals surface area contributed by atoms with Gasteiger partial charge >= 0.3 is 0 Å². The first-order valence-electron chi connectivity index (χ1n) is 5.98. The van der Waals surface area contributed by atoms with E-state index in [9.17, 15) is 16.8 Å². The van der Waals surface area contributed by atoms with Crippen LogP contribution in [0.5, 0.6) is 0 Å². The maximum absolute atomic E-state index is 11.3. The van der Waals surface area contributed by atoms with Crippen molar-refractivity contribution in [3.8, 4) is 0 Å². The Bertz CT molecular complexity index is 621. The fourth-order valence-corrected chi connectivity index (χ4v) is 3.34. The van der Waals surface area contributed by atoms with Gasteiger partial charge in [0.1, 0.15) is 0 Å². The van der Waals surface area contributed by atoms with Crippen molar-refractivity contribution in [1.29, 1.82) is 0 Å². The van der Waals surface area contributed by atoms with E-state index in [-0.39, 0.29) is 12.8 Å². The van der Waals surface area contributed by atoms with Gasteiger partial charge in [0.05, 0.1) is 10.5 Å². The highest BCUT2D eigenvalue weighted by Gasteiger charge is 2.29. The molecular formula is C12H17O6S2. The Labute approximate surface area is 119 Å². The van der Waals surface area contributed by atoms with Crippen LogP contribution in [-0.2, 0) is 26.7 Å². The van der Waals surface area contributed by atoms with E-state index in [1.165, 1.54) is 6.92 Å². The molecule has 1 rings (SSSR count). The molecule has 6 nitrogen and oxygen atoms in total. The van der Waals surface area contributed by atoms with Crippen molar-refractivity contribution in [3.63, 3.8) is 0 Å². The van der Waals surface area contributed by atoms with E-state index in [1.807, 2.05) is 0 Å². The van der Waals surface area contributed by atoms with E-state index in [0.29, 0.717) is 6.42 Å². The minimum atomic E-state index is -4.37. The lowest BCUT2D eigenvalue weighted by Crippen LogP contribution is -2.29. The standard InChI is InChI=1S/C12H17O6S2/c1-10(19(13,14)15)9-12(20(16,17)18)8-7-11-5-3-2-4-6-11/h3-6,10,12H,7-9H2,1H3,(H,13,14,15)(H,16,17,18). The molecule has 2 unspecified atom stereocenters. The molecule has 0 aliphatic rings. The van der Waals surface area contributed by atoms with Gasteiger partial charge in [0, 0.05) is 0 Å². The predicted octanol–water partition coefficient (Wildman–Crippen LogP) is 1.34. The number of hydrogen-bond donors (Lipinski definition) is 2. The third kappa shape index (κ3) is 5.58. The molecule has 1 aromatic rings. The molecule has 0 spiro atoms. The Hall–Kier alpha value is -0.960. The quantitative estimate of drug-likeness (QED) is 0.734. The lowest BCUT2D eigenvalue weighted by molar-refractivity contribution is 0.443. The molecule has 0 bridgehead atoms. The van der Waals surface area contributed by atoms with E-state index < -0.39 is 30.7 Å². The largest absolute Gasteiger partial charge is 0.285 e. The third-order valence-corrected chi connectivity index (χ3v) is 5.55. The van der Waals surface area contributed by atoms with Crippen LogP contribution in [0.3, 0.4) is 0 Å². The van der Waals surface area contributed by atoms with E-state index >= 15 is 0 Å². The lowest BCUT2D eigenvalue weighted by Gasteiger charge is -2.16. The number of benzene rings is 1. The van der Waals surface area contributed by atoms with Crippen LogP contribution in [0.1, 0.15) is 25.3 Å². The monoisotopic (exact) mass is 321 g/mol. The van der Waals surface area contributed by atoms with Crippen molar-refractivity contribution in [2.45, 2.75) is 36.7 Å². The minimum Gasteiger partial charge on any atom is -0.285 e. The SMILES string of the molecule is CC(CC(CCc1cc[c]cc1)S(=O)(=O)O)S(=O)(=O)O.